The number of aromatic nitrogens is 1. The highest BCUT2D eigenvalue weighted by atomic mass is 15.3. The zero-order valence-electron chi connectivity index (χ0n) is 9.84. The minimum atomic E-state index is 1.09. The topological polar surface area (TPSA) is 22.3 Å². The molecule has 1 N–H and O–H groups in total. The molecule has 2 aromatic rings. The monoisotopic (exact) mass is 227 g/mol. The molecule has 2 heterocycles. The normalized spacial score (nSPS) is 16.2. The summed E-state index contributed by atoms with van der Waals surface area (Å²) in [5.41, 5.74) is 2.64. The van der Waals surface area contributed by atoms with E-state index in [0.29, 0.717) is 0 Å². The summed E-state index contributed by atoms with van der Waals surface area (Å²) in [6.07, 6.45) is 4.05. The highest BCUT2D eigenvalue weighted by molar-refractivity contribution is 5.50. The van der Waals surface area contributed by atoms with Gasteiger partial charge in [-0.25, -0.2) is 0 Å². The highest BCUT2D eigenvalue weighted by Crippen LogP contribution is 2.19. The average molecular weight is 227 g/mol. The van der Waals surface area contributed by atoms with Crippen molar-refractivity contribution in [2.75, 3.05) is 36.0 Å². The van der Waals surface area contributed by atoms with Crippen LogP contribution in [0.2, 0.25) is 0 Å². The van der Waals surface area contributed by atoms with Crippen molar-refractivity contribution in [2.45, 2.75) is 0 Å². The summed E-state index contributed by atoms with van der Waals surface area (Å²) in [6, 6.07) is 12.8. The minimum absolute atomic E-state index is 1.09. The molecule has 88 valence electrons. The van der Waals surface area contributed by atoms with Crippen molar-refractivity contribution in [2.24, 2.45) is 0 Å². The van der Waals surface area contributed by atoms with Crippen molar-refractivity contribution in [3.8, 4) is 0 Å². The summed E-state index contributed by atoms with van der Waals surface area (Å²) in [4.78, 5) is 7.99. The largest absolute Gasteiger partial charge is 0.368 e. The van der Waals surface area contributed by atoms with E-state index in [1.807, 2.05) is 6.20 Å². The van der Waals surface area contributed by atoms with Gasteiger partial charge in [0.15, 0.2) is 0 Å². The molecule has 0 atom stereocenters. The van der Waals surface area contributed by atoms with E-state index in [2.05, 4.69) is 57.4 Å². The molecule has 1 aromatic heterocycles. The lowest BCUT2D eigenvalue weighted by molar-refractivity contribution is 0.654. The quantitative estimate of drug-likeness (QED) is 0.850. The Kier molecular flexibility index (Phi) is 2.74. The maximum absolute atomic E-state index is 3.11. The molecule has 0 bridgehead atoms. The standard InChI is InChI=1S/C14H17N3/c1-2-4-13(5-3-1)16-8-10-17(11-9-16)14-6-7-15-12-14/h1-7,12,15H,8-11H2. The van der Waals surface area contributed by atoms with Crippen LogP contribution in [-0.2, 0) is 0 Å². The first-order valence-electron chi connectivity index (χ1n) is 6.11. The van der Waals surface area contributed by atoms with Gasteiger partial charge in [0.1, 0.15) is 0 Å². The van der Waals surface area contributed by atoms with Gasteiger partial charge in [0.2, 0.25) is 0 Å². The Morgan fingerprint density at radius 1 is 0.765 bits per heavy atom. The first-order chi connectivity index (χ1) is 8.43. The summed E-state index contributed by atoms with van der Waals surface area (Å²) in [7, 11) is 0. The van der Waals surface area contributed by atoms with Gasteiger partial charge < -0.3 is 14.8 Å². The third-order valence-corrected chi connectivity index (χ3v) is 3.35. The Morgan fingerprint density at radius 3 is 2.00 bits per heavy atom. The highest BCUT2D eigenvalue weighted by Gasteiger charge is 2.17. The number of rotatable bonds is 2. The van der Waals surface area contributed by atoms with Crippen molar-refractivity contribution >= 4 is 11.4 Å². The second-order valence-corrected chi connectivity index (χ2v) is 4.38. The molecule has 17 heavy (non-hydrogen) atoms. The molecule has 0 spiro atoms. The fourth-order valence-electron chi connectivity index (χ4n) is 2.37. The van der Waals surface area contributed by atoms with E-state index in [9.17, 15) is 0 Å². The van der Waals surface area contributed by atoms with Crippen LogP contribution in [0, 0.1) is 0 Å². The van der Waals surface area contributed by atoms with E-state index in [0.717, 1.165) is 26.2 Å². The first-order valence-corrected chi connectivity index (χ1v) is 6.11. The molecule has 0 aliphatic carbocycles. The Labute approximate surface area is 102 Å². The lowest BCUT2D eigenvalue weighted by Crippen LogP contribution is -2.46. The summed E-state index contributed by atoms with van der Waals surface area (Å²) < 4.78 is 0. The number of hydrogen-bond acceptors (Lipinski definition) is 2. The van der Waals surface area contributed by atoms with Crippen LogP contribution in [0.3, 0.4) is 0 Å². The predicted octanol–water partition coefficient (Wildman–Crippen LogP) is 2.34. The molecule has 0 amide bonds. The van der Waals surface area contributed by atoms with Crippen molar-refractivity contribution < 1.29 is 0 Å². The molecule has 3 heteroatoms. The lowest BCUT2D eigenvalue weighted by atomic mass is 10.2. The number of H-pyrrole nitrogens is 1. The number of nitrogens with one attached hydrogen (secondary N) is 1. The molecule has 3 rings (SSSR count). The Hall–Kier alpha value is -1.90. The van der Waals surface area contributed by atoms with Gasteiger partial charge in [0.05, 0.1) is 5.69 Å². The zero-order chi connectivity index (χ0) is 11.5. The molecule has 1 fully saturated rings. The van der Waals surface area contributed by atoms with Crippen molar-refractivity contribution in [1.82, 2.24) is 4.98 Å². The van der Waals surface area contributed by atoms with E-state index >= 15 is 0 Å². The van der Waals surface area contributed by atoms with Gasteiger partial charge >= 0.3 is 0 Å². The summed E-state index contributed by atoms with van der Waals surface area (Å²) in [5, 5.41) is 0. The van der Waals surface area contributed by atoms with Crippen LogP contribution in [0.15, 0.2) is 48.8 Å². The fourth-order valence-corrected chi connectivity index (χ4v) is 2.37. The lowest BCUT2D eigenvalue weighted by Gasteiger charge is -2.36. The van der Waals surface area contributed by atoms with Gasteiger partial charge in [0.25, 0.3) is 0 Å². The number of aromatic amines is 1. The zero-order valence-corrected chi connectivity index (χ0v) is 9.84. The number of piperazine rings is 1. The van der Waals surface area contributed by atoms with E-state index in [1.165, 1.54) is 11.4 Å². The Balaban J connectivity index is 1.65. The van der Waals surface area contributed by atoms with E-state index in [1.54, 1.807) is 0 Å². The molecule has 1 aliphatic rings. The second kappa shape index (κ2) is 4.53. The molecular formula is C14H17N3. The average Bonchev–Trinajstić information content (AvgIpc) is 2.94. The molecule has 0 saturated carbocycles. The van der Waals surface area contributed by atoms with Crippen molar-refractivity contribution in [3.05, 3.63) is 48.8 Å². The SMILES string of the molecule is c1ccc(N2CCN(c3cc[nH]c3)CC2)cc1. The third-order valence-electron chi connectivity index (χ3n) is 3.35. The van der Waals surface area contributed by atoms with Crippen LogP contribution in [0.4, 0.5) is 11.4 Å². The van der Waals surface area contributed by atoms with E-state index in [4.69, 9.17) is 0 Å². The van der Waals surface area contributed by atoms with E-state index < -0.39 is 0 Å². The summed E-state index contributed by atoms with van der Waals surface area (Å²) in [6.45, 7) is 4.36. The molecule has 3 nitrogen and oxygen atoms in total. The van der Waals surface area contributed by atoms with Crippen molar-refractivity contribution in [3.63, 3.8) is 0 Å². The van der Waals surface area contributed by atoms with Gasteiger partial charge in [-0.05, 0) is 18.2 Å². The maximum Gasteiger partial charge on any atom is 0.0544 e. The number of anilines is 2. The van der Waals surface area contributed by atoms with Gasteiger partial charge in [0, 0.05) is 44.3 Å². The Bertz CT molecular complexity index is 442. The van der Waals surface area contributed by atoms with Crippen LogP contribution in [0.1, 0.15) is 0 Å². The van der Waals surface area contributed by atoms with Gasteiger partial charge in [-0.2, -0.15) is 0 Å². The van der Waals surface area contributed by atoms with E-state index in [-0.39, 0.29) is 0 Å². The number of nitrogens with zero attached hydrogens (tertiary/aromatic N) is 2. The predicted molar refractivity (Wildman–Crippen MR) is 71.7 cm³/mol. The second-order valence-electron chi connectivity index (χ2n) is 4.38. The first kappa shape index (κ1) is 10.3. The minimum Gasteiger partial charge on any atom is -0.368 e. The molecule has 0 unspecified atom stereocenters. The van der Waals surface area contributed by atoms with Gasteiger partial charge in [-0.3, -0.25) is 0 Å². The molecule has 1 aromatic carbocycles. The van der Waals surface area contributed by atoms with Gasteiger partial charge in [-0.15, -0.1) is 0 Å². The fraction of sp³-hybridized carbons (Fsp3) is 0.286. The van der Waals surface area contributed by atoms with Crippen LogP contribution in [0.25, 0.3) is 0 Å². The van der Waals surface area contributed by atoms with Crippen molar-refractivity contribution in [1.29, 1.82) is 0 Å². The number of benzene rings is 1. The molecule has 0 radical (unpaired) electrons. The molecular weight excluding hydrogens is 210 g/mol. The maximum atomic E-state index is 3.11. The van der Waals surface area contributed by atoms with Crippen LogP contribution < -0.4 is 9.80 Å². The third kappa shape index (κ3) is 2.13. The number of hydrogen-bond donors (Lipinski definition) is 1. The smallest absolute Gasteiger partial charge is 0.0544 e. The van der Waals surface area contributed by atoms with Crippen LogP contribution in [-0.4, -0.2) is 31.2 Å². The van der Waals surface area contributed by atoms with Gasteiger partial charge in [-0.1, -0.05) is 18.2 Å². The Morgan fingerprint density at radius 2 is 1.41 bits per heavy atom. The van der Waals surface area contributed by atoms with Crippen LogP contribution in [0.5, 0.6) is 0 Å². The van der Waals surface area contributed by atoms with Crippen LogP contribution >= 0.6 is 0 Å². The molecule has 1 aliphatic heterocycles. The summed E-state index contributed by atoms with van der Waals surface area (Å²) in [5.74, 6) is 0. The number of para-hydroxylation sites is 1. The summed E-state index contributed by atoms with van der Waals surface area (Å²) >= 11 is 0. The molecule has 1 saturated heterocycles.